The van der Waals surface area contributed by atoms with E-state index in [0.717, 1.165) is 30.0 Å². The van der Waals surface area contributed by atoms with E-state index >= 15 is 0 Å². The molecule has 5 heteroatoms. The lowest BCUT2D eigenvalue weighted by molar-refractivity contribution is -0.138. The number of aliphatic carboxylic acids is 1. The van der Waals surface area contributed by atoms with Crippen LogP contribution in [0.3, 0.4) is 0 Å². The Morgan fingerprint density at radius 1 is 1.52 bits per heavy atom. The monoisotopic (exact) mass is 289 g/mol. The van der Waals surface area contributed by atoms with Crippen molar-refractivity contribution in [3.8, 4) is 11.5 Å². The minimum Gasteiger partial charge on any atom is -0.493 e. The van der Waals surface area contributed by atoms with Crippen LogP contribution in [0.1, 0.15) is 18.9 Å². The lowest BCUT2D eigenvalue weighted by atomic mass is 9.97. The third-order valence-corrected chi connectivity index (χ3v) is 3.89. The lowest BCUT2D eigenvalue weighted by Gasteiger charge is -2.32. The van der Waals surface area contributed by atoms with Gasteiger partial charge in [-0.1, -0.05) is 6.07 Å². The molecule has 2 heterocycles. The van der Waals surface area contributed by atoms with Crippen molar-refractivity contribution in [3.05, 3.63) is 29.8 Å². The van der Waals surface area contributed by atoms with E-state index in [9.17, 15) is 4.79 Å². The van der Waals surface area contributed by atoms with Gasteiger partial charge >= 0.3 is 5.97 Å². The van der Waals surface area contributed by atoms with E-state index in [2.05, 4.69) is 0 Å². The van der Waals surface area contributed by atoms with E-state index in [1.807, 2.05) is 42.2 Å². The van der Waals surface area contributed by atoms with Crippen LogP contribution >= 0.6 is 0 Å². The number of carboxylic acid groups (broad SMARTS) is 1. The van der Waals surface area contributed by atoms with Crippen molar-refractivity contribution in [1.82, 2.24) is 4.90 Å². The first-order valence-electron chi connectivity index (χ1n) is 7.20. The molecule has 0 aromatic heterocycles. The second kappa shape index (κ2) is 5.41. The molecular formula is C16H19NO4. The second-order valence-electron chi connectivity index (χ2n) is 5.46. The van der Waals surface area contributed by atoms with Crippen LogP contribution in [0.2, 0.25) is 0 Å². The van der Waals surface area contributed by atoms with E-state index in [4.69, 9.17) is 14.6 Å². The predicted octanol–water partition coefficient (Wildman–Crippen LogP) is 2.02. The smallest absolute Gasteiger partial charge is 0.317 e. The summed E-state index contributed by atoms with van der Waals surface area (Å²) in [5.74, 6) is 0.827. The molecule has 1 N–H and O–H groups in total. The highest BCUT2D eigenvalue weighted by Gasteiger charge is 2.40. The van der Waals surface area contributed by atoms with E-state index in [1.54, 1.807) is 0 Å². The zero-order chi connectivity index (χ0) is 14.9. The summed E-state index contributed by atoms with van der Waals surface area (Å²) >= 11 is 0. The summed E-state index contributed by atoms with van der Waals surface area (Å²) in [6, 6.07) is 5.78. The molecule has 112 valence electrons. The normalized spacial score (nSPS) is 23.9. The zero-order valence-corrected chi connectivity index (χ0v) is 12.0. The number of hydrogen-bond donors (Lipinski definition) is 1. The number of fused-ring (bicyclic) bond motifs is 1. The van der Waals surface area contributed by atoms with Gasteiger partial charge < -0.3 is 14.6 Å². The average molecular weight is 289 g/mol. The van der Waals surface area contributed by atoms with Crippen LogP contribution in [0.25, 0.3) is 6.08 Å². The van der Waals surface area contributed by atoms with Crippen LogP contribution in [0, 0.1) is 0 Å². The molecule has 1 aromatic rings. The van der Waals surface area contributed by atoms with Gasteiger partial charge in [-0.3, -0.25) is 9.69 Å². The molecule has 1 saturated heterocycles. The number of hydrogen-bond acceptors (Lipinski definition) is 4. The fourth-order valence-corrected chi connectivity index (χ4v) is 2.98. The standard InChI is InChI=1S/C16H19NO4/c1-2-20-13-4-3-5-14-12(13)6-7-16(21-14)8-9-17(11-16)10-15(18)19/h3-7H,2,8-11H2,1H3,(H,18,19). The van der Waals surface area contributed by atoms with Crippen molar-refractivity contribution in [3.63, 3.8) is 0 Å². The Labute approximate surface area is 123 Å². The maximum absolute atomic E-state index is 10.8. The number of likely N-dealkylation sites (tertiary alicyclic amines) is 1. The number of benzene rings is 1. The SMILES string of the molecule is CCOc1cccc2c1C=CC1(CCN(CC(=O)O)C1)O2. The van der Waals surface area contributed by atoms with Crippen molar-refractivity contribution in [2.45, 2.75) is 18.9 Å². The Hall–Kier alpha value is -2.01. The van der Waals surface area contributed by atoms with Crippen molar-refractivity contribution in [1.29, 1.82) is 0 Å². The van der Waals surface area contributed by atoms with Crippen molar-refractivity contribution in [2.24, 2.45) is 0 Å². The van der Waals surface area contributed by atoms with Crippen LogP contribution in [0.5, 0.6) is 11.5 Å². The Morgan fingerprint density at radius 2 is 2.38 bits per heavy atom. The maximum Gasteiger partial charge on any atom is 0.317 e. The van der Waals surface area contributed by atoms with Crippen LogP contribution < -0.4 is 9.47 Å². The molecule has 2 aliphatic rings. The first-order chi connectivity index (χ1) is 10.1. The molecule has 0 saturated carbocycles. The van der Waals surface area contributed by atoms with Crippen LogP contribution in [-0.2, 0) is 4.79 Å². The molecular weight excluding hydrogens is 270 g/mol. The molecule has 1 atom stereocenters. The first-order valence-corrected chi connectivity index (χ1v) is 7.20. The number of carbonyl (C=O) groups is 1. The lowest BCUT2D eigenvalue weighted by Crippen LogP contribution is -2.40. The molecule has 2 aliphatic heterocycles. The number of ether oxygens (including phenoxy) is 2. The van der Waals surface area contributed by atoms with Gasteiger partial charge in [0.1, 0.15) is 17.1 Å². The summed E-state index contributed by atoms with van der Waals surface area (Å²) in [5, 5.41) is 8.90. The number of carboxylic acids is 1. The third kappa shape index (κ3) is 2.74. The van der Waals surface area contributed by atoms with Gasteiger partial charge in [-0.15, -0.1) is 0 Å². The zero-order valence-electron chi connectivity index (χ0n) is 12.0. The highest BCUT2D eigenvalue weighted by Crippen LogP contribution is 2.40. The highest BCUT2D eigenvalue weighted by atomic mass is 16.5. The van der Waals surface area contributed by atoms with Gasteiger partial charge in [0.25, 0.3) is 0 Å². The van der Waals surface area contributed by atoms with Crippen molar-refractivity contribution >= 4 is 12.0 Å². The molecule has 1 unspecified atom stereocenters. The van der Waals surface area contributed by atoms with E-state index in [0.29, 0.717) is 13.2 Å². The van der Waals surface area contributed by atoms with Gasteiger partial charge in [0.2, 0.25) is 0 Å². The molecule has 0 radical (unpaired) electrons. The number of rotatable bonds is 4. The fraction of sp³-hybridized carbons (Fsp3) is 0.438. The molecule has 0 bridgehead atoms. The molecule has 21 heavy (non-hydrogen) atoms. The topological polar surface area (TPSA) is 59.0 Å². The average Bonchev–Trinajstić information content (AvgIpc) is 2.81. The van der Waals surface area contributed by atoms with Crippen LogP contribution in [0.4, 0.5) is 0 Å². The van der Waals surface area contributed by atoms with E-state index < -0.39 is 11.6 Å². The summed E-state index contributed by atoms with van der Waals surface area (Å²) in [7, 11) is 0. The summed E-state index contributed by atoms with van der Waals surface area (Å²) in [6.07, 6.45) is 4.88. The summed E-state index contributed by atoms with van der Waals surface area (Å²) < 4.78 is 11.8. The van der Waals surface area contributed by atoms with Gasteiger partial charge in [0, 0.05) is 19.5 Å². The summed E-state index contributed by atoms with van der Waals surface area (Å²) in [4.78, 5) is 12.7. The first kappa shape index (κ1) is 13.9. The number of nitrogens with zero attached hydrogens (tertiary/aromatic N) is 1. The molecule has 0 aliphatic carbocycles. The van der Waals surface area contributed by atoms with E-state index in [-0.39, 0.29) is 6.54 Å². The molecule has 1 spiro atoms. The van der Waals surface area contributed by atoms with Crippen molar-refractivity contribution < 1.29 is 19.4 Å². The Morgan fingerprint density at radius 3 is 3.14 bits per heavy atom. The summed E-state index contributed by atoms with van der Waals surface area (Å²) in [5.41, 5.74) is 0.550. The Bertz CT molecular complexity index is 584. The van der Waals surface area contributed by atoms with Gasteiger partial charge in [-0.2, -0.15) is 0 Å². The maximum atomic E-state index is 10.8. The van der Waals surface area contributed by atoms with Gasteiger partial charge in [-0.05, 0) is 31.2 Å². The molecule has 0 amide bonds. The highest BCUT2D eigenvalue weighted by molar-refractivity contribution is 5.69. The minimum atomic E-state index is -0.800. The Balaban J connectivity index is 1.80. The quantitative estimate of drug-likeness (QED) is 0.919. The van der Waals surface area contributed by atoms with Crippen molar-refractivity contribution in [2.75, 3.05) is 26.2 Å². The van der Waals surface area contributed by atoms with Crippen LogP contribution in [-0.4, -0.2) is 47.8 Å². The van der Waals surface area contributed by atoms with Gasteiger partial charge in [-0.25, -0.2) is 0 Å². The van der Waals surface area contributed by atoms with Crippen LogP contribution in [0.15, 0.2) is 24.3 Å². The summed E-state index contributed by atoms with van der Waals surface area (Å²) in [6.45, 7) is 3.97. The van der Waals surface area contributed by atoms with Gasteiger partial charge in [0.15, 0.2) is 0 Å². The molecule has 3 rings (SSSR count). The molecule has 5 nitrogen and oxygen atoms in total. The van der Waals surface area contributed by atoms with Gasteiger partial charge in [0.05, 0.1) is 18.7 Å². The minimum absolute atomic E-state index is 0.0603. The molecule has 1 fully saturated rings. The Kier molecular flexibility index (Phi) is 3.59. The fourth-order valence-electron chi connectivity index (χ4n) is 2.98. The largest absolute Gasteiger partial charge is 0.493 e. The predicted molar refractivity (Wildman–Crippen MR) is 78.7 cm³/mol. The molecule has 1 aromatic carbocycles. The van der Waals surface area contributed by atoms with E-state index in [1.165, 1.54) is 0 Å². The second-order valence-corrected chi connectivity index (χ2v) is 5.46. The third-order valence-electron chi connectivity index (χ3n) is 3.89.